The standard InChI is InChI=1S/C24H19F3N8O4/c1-32-21-20(22(37)33(2)23(32)38)34(13-28-21)12-19(36)29-15-9-7-14(8-10-15)16-11-35(31-30-16)17-5-3-4-6-18(17)39-24(25,26)27/h3-11,13H,12H2,1-2H3,(H,29,36). The molecule has 39 heavy (non-hydrogen) atoms. The van der Waals surface area contributed by atoms with Crippen LogP contribution in [0.4, 0.5) is 18.9 Å². The Kier molecular flexibility index (Phi) is 6.25. The largest absolute Gasteiger partial charge is 0.573 e. The van der Waals surface area contributed by atoms with Gasteiger partial charge < -0.3 is 14.6 Å². The van der Waals surface area contributed by atoms with Crippen molar-refractivity contribution in [3.63, 3.8) is 0 Å². The minimum Gasteiger partial charge on any atom is -0.403 e. The Hall–Kier alpha value is -5.21. The number of benzene rings is 2. The van der Waals surface area contributed by atoms with Gasteiger partial charge in [0.15, 0.2) is 16.9 Å². The van der Waals surface area contributed by atoms with Crippen molar-refractivity contribution >= 4 is 22.8 Å². The second-order valence-corrected chi connectivity index (χ2v) is 8.44. The predicted molar refractivity (Wildman–Crippen MR) is 132 cm³/mol. The van der Waals surface area contributed by atoms with Crippen molar-refractivity contribution in [3.8, 4) is 22.7 Å². The van der Waals surface area contributed by atoms with E-state index in [4.69, 9.17) is 0 Å². The lowest BCUT2D eigenvalue weighted by Gasteiger charge is -2.12. The van der Waals surface area contributed by atoms with Crippen LogP contribution < -0.4 is 21.3 Å². The zero-order chi connectivity index (χ0) is 27.9. The molecule has 0 saturated heterocycles. The molecule has 3 heterocycles. The Labute approximate surface area is 216 Å². The van der Waals surface area contributed by atoms with E-state index in [0.29, 0.717) is 16.9 Å². The van der Waals surface area contributed by atoms with Crippen LogP contribution in [0.1, 0.15) is 0 Å². The Morgan fingerprint density at radius 3 is 2.46 bits per heavy atom. The summed E-state index contributed by atoms with van der Waals surface area (Å²) in [7, 11) is 2.83. The third-order valence-corrected chi connectivity index (χ3v) is 5.83. The first kappa shape index (κ1) is 25.4. The van der Waals surface area contributed by atoms with E-state index in [-0.39, 0.29) is 23.4 Å². The molecule has 5 rings (SSSR count). The second-order valence-electron chi connectivity index (χ2n) is 8.44. The van der Waals surface area contributed by atoms with E-state index >= 15 is 0 Å². The van der Waals surface area contributed by atoms with E-state index in [1.165, 1.54) is 58.6 Å². The number of carbonyl (C=O) groups excluding carboxylic acids is 1. The molecular weight excluding hydrogens is 521 g/mol. The van der Waals surface area contributed by atoms with Crippen molar-refractivity contribution in [3.05, 3.63) is 81.9 Å². The summed E-state index contributed by atoms with van der Waals surface area (Å²) in [5.41, 5.74) is 0.671. The minimum atomic E-state index is -4.86. The normalized spacial score (nSPS) is 11.6. The predicted octanol–water partition coefficient (Wildman–Crippen LogP) is 2.22. The monoisotopic (exact) mass is 540 g/mol. The van der Waals surface area contributed by atoms with Crippen LogP contribution in [0.3, 0.4) is 0 Å². The molecule has 15 heteroatoms. The van der Waals surface area contributed by atoms with Gasteiger partial charge >= 0.3 is 12.1 Å². The number of fused-ring (bicyclic) bond motifs is 1. The van der Waals surface area contributed by atoms with Crippen LogP contribution >= 0.6 is 0 Å². The van der Waals surface area contributed by atoms with Crippen molar-refractivity contribution in [2.24, 2.45) is 14.1 Å². The Bertz CT molecular complexity index is 1820. The van der Waals surface area contributed by atoms with E-state index in [1.54, 1.807) is 30.3 Å². The molecule has 0 atom stereocenters. The number of anilines is 1. The van der Waals surface area contributed by atoms with Gasteiger partial charge in [-0.1, -0.05) is 29.5 Å². The highest BCUT2D eigenvalue weighted by atomic mass is 19.4. The van der Waals surface area contributed by atoms with E-state index in [9.17, 15) is 27.6 Å². The lowest BCUT2D eigenvalue weighted by atomic mass is 10.1. The average Bonchev–Trinajstić information content (AvgIpc) is 3.54. The summed E-state index contributed by atoms with van der Waals surface area (Å²) in [6.45, 7) is -0.223. The van der Waals surface area contributed by atoms with Gasteiger partial charge in [0, 0.05) is 25.3 Å². The first-order chi connectivity index (χ1) is 18.5. The molecule has 200 valence electrons. The van der Waals surface area contributed by atoms with Crippen molar-refractivity contribution < 1.29 is 22.7 Å². The molecule has 0 aliphatic rings. The Morgan fingerprint density at radius 1 is 1.03 bits per heavy atom. The van der Waals surface area contributed by atoms with Crippen LogP contribution in [0.5, 0.6) is 5.75 Å². The topological polar surface area (TPSA) is 131 Å². The van der Waals surface area contributed by atoms with Gasteiger partial charge in [0.1, 0.15) is 17.9 Å². The van der Waals surface area contributed by atoms with E-state index in [2.05, 4.69) is 25.3 Å². The quantitative estimate of drug-likeness (QED) is 0.350. The number of nitrogens with zero attached hydrogens (tertiary/aromatic N) is 7. The van der Waals surface area contributed by atoms with Crippen LogP contribution in [0.2, 0.25) is 0 Å². The van der Waals surface area contributed by atoms with E-state index in [0.717, 1.165) is 4.57 Å². The molecule has 5 aromatic rings. The first-order valence-electron chi connectivity index (χ1n) is 11.3. The molecule has 0 aliphatic heterocycles. The number of hydrogen-bond donors (Lipinski definition) is 1. The summed E-state index contributed by atoms with van der Waals surface area (Å²) in [5.74, 6) is -0.865. The molecule has 0 radical (unpaired) electrons. The highest BCUT2D eigenvalue weighted by Gasteiger charge is 2.32. The fourth-order valence-electron chi connectivity index (χ4n) is 3.97. The van der Waals surface area contributed by atoms with Crippen LogP contribution in [-0.4, -0.2) is 45.9 Å². The maximum atomic E-state index is 12.7. The number of para-hydroxylation sites is 2. The van der Waals surface area contributed by atoms with Gasteiger partial charge in [-0.25, -0.2) is 14.5 Å². The van der Waals surface area contributed by atoms with Gasteiger partial charge in [0.05, 0.1) is 12.5 Å². The summed E-state index contributed by atoms with van der Waals surface area (Å²) < 4.78 is 47.0. The molecule has 1 amide bonds. The number of ether oxygens (including phenoxy) is 1. The van der Waals surface area contributed by atoms with E-state index in [1.807, 2.05) is 0 Å². The van der Waals surface area contributed by atoms with Gasteiger partial charge in [-0.15, -0.1) is 18.3 Å². The third kappa shape index (κ3) is 5.01. The van der Waals surface area contributed by atoms with Crippen molar-refractivity contribution in [1.82, 2.24) is 33.7 Å². The molecule has 3 aromatic heterocycles. The molecule has 0 bridgehead atoms. The van der Waals surface area contributed by atoms with Crippen LogP contribution in [0.25, 0.3) is 28.1 Å². The molecule has 2 aromatic carbocycles. The number of imidazole rings is 1. The fourth-order valence-corrected chi connectivity index (χ4v) is 3.97. The summed E-state index contributed by atoms with van der Waals surface area (Å²) >= 11 is 0. The number of aromatic nitrogens is 7. The lowest BCUT2D eigenvalue weighted by Crippen LogP contribution is -2.37. The van der Waals surface area contributed by atoms with Crippen LogP contribution in [-0.2, 0) is 25.4 Å². The van der Waals surface area contributed by atoms with Crippen molar-refractivity contribution in [1.29, 1.82) is 0 Å². The lowest BCUT2D eigenvalue weighted by molar-refractivity contribution is -0.274. The number of amides is 1. The minimum absolute atomic E-state index is 0.0550. The summed E-state index contributed by atoms with van der Waals surface area (Å²) in [4.78, 5) is 41.4. The smallest absolute Gasteiger partial charge is 0.403 e. The van der Waals surface area contributed by atoms with Gasteiger partial charge in [0.25, 0.3) is 5.56 Å². The average molecular weight is 540 g/mol. The number of rotatable bonds is 6. The molecular formula is C24H19F3N8O4. The Balaban J connectivity index is 1.31. The maximum absolute atomic E-state index is 12.7. The van der Waals surface area contributed by atoms with Gasteiger partial charge in [-0.05, 0) is 24.3 Å². The Morgan fingerprint density at radius 2 is 1.74 bits per heavy atom. The van der Waals surface area contributed by atoms with Gasteiger partial charge in [0.2, 0.25) is 5.91 Å². The number of alkyl halides is 3. The highest BCUT2D eigenvalue weighted by molar-refractivity contribution is 5.91. The van der Waals surface area contributed by atoms with Crippen molar-refractivity contribution in [2.45, 2.75) is 12.9 Å². The fraction of sp³-hybridized carbons (Fsp3) is 0.167. The van der Waals surface area contributed by atoms with Crippen LogP contribution in [0.15, 0.2) is 70.6 Å². The summed E-state index contributed by atoms with van der Waals surface area (Å²) in [6, 6.07) is 12.1. The molecule has 0 unspecified atom stereocenters. The zero-order valence-electron chi connectivity index (χ0n) is 20.4. The van der Waals surface area contributed by atoms with Crippen LogP contribution in [0, 0.1) is 0 Å². The number of hydrogen-bond acceptors (Lipinski definition) is 7. The van der Waals surface area contributed by atoms with Crippen molar-refractivity contribution in [2.75, 3.05) is 5.32 Å². The third-order valence-electron chi connectivity index (χ3n) is 5.83. The zero-order valence-corrected chi connectivity index (χ0v) is 20.4. The number of halogens is 3. The van der Waals surface area contributed by atoms with Gasteiger partial charge in [-0.2, -0.15) is 0 Å². The number of nitrogens with one attached hydrogen (secondary N) is 1. The molecule has 0 fully saturated rings. The molecule has 0 saturated carbocycles. The number of aryl methyl sites for hydroxylation is 1. The SMILES string of the molecule is Cn1c(=O)c2c(ncn2CC(=O)Nc2ccc(-c3cn(-c4ccccc4OC(F)(F)F)nn3)cc2)n(C)c1=O. The highest BCUT2D eigenvalue weighted by Crippen LogP contribution is 2.29. The maximum Gasteiger partial charge on any atom is 0.573 e. The van der Waals surface area contributed by atoms with E-state index < -0.39 is 29.3 Å². The first-order valence-corrected chi connectivity index (χ1v) is 11.3. The summed E-state index contributed by atoms with van der Waals surface area (Å²) in [6.07, 6.45) is -2.10. The van der Waals surface area contributed by atoms with Gasteiger partial charge in [-0.3, -0.25) is 18.7 Å². The second kappa shape index (κ2) is 9.59. The molecule has 0 aliphatic carbocycles. The summed E-state index contributed by atoms with van der Waals surface area (Å²) in [5, 5.41) is 10.6. The molecule has 12 nitrogen and oxygen atoms in total. The molecule has 1 N–H and O–H groups in total. The molecule has 0 spiro atoms. The number of carbonyl (C=O) groups is 1.